The topological polar surface area (TPSA) is 111 Å². The molecule has 0 fully saturated rings. The lowest BCUT2D eigenvalue weighted by atomic mass is 10.0. The second-order valence-corrected chi connectivity index (χ2v) is 23.4. The maximum atomic E-state index is 12.8. The molecule has 10 heteroatoms. The molecule has 0 amide bonds. The van der Waals surface area contributed by atoms with Gasteiger partial charge in [0, 0.05) is 12.8 Å². The third kappa shape index (κ3) is 63.3. The first kappa shape index (κ1) is 76.1. The van der Waals surface area contributed by atoms with Crippen LogP contribution in [0.2, 0.25) is 0 Å². The van der Waals surface area contributed by atoms with Crippen molar-refractivity contribution in [2.75, 3.05) is 47.5 Å². The fraction of sp³-hybridized carbons (Fsp3) is 0.657. The molecular weight excluding hydrogens is 1010 g/mol. The number of likely N-dealkylation sites (N-methyl/N-ethyl adjacent to an activating group) is 1. The number of allylic oxidation sites excluding steroid dienone is 22. The maximum Gasteiger partial charge on any atom is 0.306 e. The monoisotopic (exact) mass is 1130 g/mol. The molecule has 0 rings (SSSR count). The fourth-order valence-electron chi connectivity index (χ4n) is 8.27. The van der Waals surface area contributed by atoms with Gasteiger partial charge in [-0.3, -0.25) is 14.2 Å². The fourth-order valence-corrected chi connectivity index (χ4v) is 9.00. The van der Waals surface area contributed by atoms with E-state index in [1.165, 1.54) is 96.3 Å². The van der Waals surface area contributed by atoms with E-state index >= 15 is 0 Å². The van der Waals surface area contributed by atoms with Gasteiger partial charge in [-0.15, -0.1) is 0 Å². The van der Waals surface area contributed by atoms with Crippen molar-refractivity contribution in [3.05, 3.63) is 134 Å². The summed E-state index contributed by atoms with van der Waals surface area (Å²) in [6.45, 7) is 4.08. The van der Waals surface area contributed by atoms with Crippen molar-refractivity contribution >= 4 is 19.8 Å². The minimum atomic E-state index is -4.66. The van der Waals surface area contributed by atoms with E-state index in [0.29, 0.717) is 17.4 Å². The SMILES string of the molecule is CC/C=C\C/C=C\C/C=C\C/C=C\C/C=C\C/C=C\C/C=C\C/C=C\CCCCCCC(=O)OC(COC(=O)CCCCCCCCCCCCCC/C=C\C/C=C\C/C=C\CCCCCCC)COP(=O)([O-])OCC[N+](C)(C)C. The number of carbonyl (C=O) groups excluding carboxylic acids is 2. The van der Waals surface area contributed by atoms with Crippen LogP contribution in [-0.2, 0) is 32.7 Å². The summed E-state index contributed by atoms with van der Waals surface area (Å²) in [4.78, 5) is 38.0. The van der Waals surface area contributed by atoms with E-state index in [1.807, 2.05) is 21.1 Å². The van der Waals surface area contributed by atoms with Crippen molar-refractivity contribution < 1.29 is 42.1 Å². The molecule has 0 spiro atoms. The number of hydrogen-bond donors (Lipinski definition) is 0. The highest BCUT2D eigenvalue weighted by molar-refractivity contribution is 7.45. The Hall–Kier alpha value is -3.85. The average Bonchev–Trinajstić information content (AvgIpc) is 3.42. The van der Waals surface area contributed by atoms with Gasteiger partial charge in [-0.05, 0) is 116 Å². The molecule has 0 heterocycles. The lowest BCUT2D eigenvalue weighted by molar-refractivity contribution is -0.870. The number of esters is 2. The quantitative estimate of drug-likeness (QED) is 0.0195. The molecule has 0 aromatic carbocycles. The second-order valence-electron chi connectivity index (χ2n) is 22.0. The van der Waals surface area contributed by atoms with Gasteiger partial charge in [0.2, 0.25) is 0 Å². The van der Waals surface area contributed by atoms with Crippen LogP contribution in [0.3, 0.4) is 0 Å². The summed E-state index contributed by atoms with van der Waals surface area (Å²) in [5.74, 6) is -0.871. The Labute approximate surface area is 491 Å². The van der Waals surface area contributed by atoms with Gasteiger partial charge < -0.3 is 27.9 Å². The molecule has 0 bridgehead atoms. The lowest BCUT2D eigenvalue weighted by Crippen LogP contribution is -2.37. The molecule has 0 N–H and O–H groups in total. The van der Waals surface area contributed by atoms with Gasteiger partial charge in [0.05, 0.1) is 27.7 Å². The number of phosphoric acid groups is 1. The molecule has 0 aromatic rings. The Kier molecular flexibility index (Phi) is 56.9. The van der Waals surface area contributed by atoms with E-state index in [9.17, 15) is 19.0 Å². The van der Waals surface area contributed by atoms with E-state index < -0.39 is 32.5 Å². The number of unbranched alkanes of at least 4 members (excludes halogenated alkanes) is 21. The summed E-state index contributed by atoms with van der Waals surface area (Å²) >= 11 is 0. The van der Waals surface area contributed by atoms with Crippen LogP contribution in [0.15, 0.2) is 134 Å². The standard InChI is InChI=1S/C70H118NO8P/c1-6-8-10-12-14-16-18-20-22-24-26-28-30-32-34-35-37-39-41-43-45-47-49-51-53-55-57-59-61-63-70(73)79-68(67-78-80(74,75)77-65-64-71(3,4)5)66-76-69(72)62-60-58-56-54-52-50-48-46-44-42-40-38-36-33-31-29-27-25-23-21-19-17-15-13-11-9-7-2/h8,10,14,16,19-22,25-28,31-34,37,39,43,45,49,51,68H,6-7,9,11-13,15,17-18,23-24,29-30,35-36,38,40-42,44,46-48,50,52-67H2,1-5H3/b10-8-,16-14-,21-19-,22-20-,27-25-,28-26-,33-31-,34-32-,39-37-,45-43-,51-49-. The van der Waals surface area contributed by atoms with E-state index in [-0.39, 0.29) is 26.1 Å². The number of nitrogens with zero attached hydrogens (tertiary/aromatic N) is 1. The minimum Gasteiger partial charge on any atom is -0.756 e. The van der Waals surface area contributed by atoms with Gasteiger partial charge in [0.1, 0.15) is 19.8 Å². The van der Waals surface area contributed by atoms with E-state index in [1.54, 1.807) is 0 Å². The molecular formula is C70H118NO8P. The molecule has 0 saturated carbocycles. The summed E-state index contributed by atoms with van der Waals surface area (Å²) < 4.78 is 34.2. The summed E-state index contributed by atoms with van der Waals surface area (Å²) in [6, 6.07) is 0. The Morgan fingerprint density at radius 2 is 0.713 bits per heavy atom. The van der Waals surface area contributed by atoms with Crippen LogP contribution in [0, 0.1) is 0 Å². The number of phosphoric ester groups is 1. The summed E-state index contributed by atoms with van der Waals surface area (Å²) in [7, 11) is 1.13. The van der Waals surface area contributed by atoms with Gasteiger partial charge in [-0.2, -0.15) is 0 Å². The van der Waals surface area contributed by atoms with Crippen LogP contribution < -0.4 is 4.89 Å². The molecule has 0 saturated heterocycles. The van der Waals surface area contributed by atoms with Crippen LogP contribution >= 0.6 is 7.82 Å². The first-order chi connectivity index (χ1) is 39.0. The molecule has 456 valence electrons. The van der Waals surface area contributed by atoms with Crippen LogP contribution in [-0.4, -0.2) is 70.0 Å². The largest absolute Gasteiger partial charge is 0.756 e. The second kappa shape index (κ2) is 59.8. The Balaban J connectivity index is 4.22. The molecule has 2 unspecified atom stereocenters. The third-order valence-electron chi connectivity index (χ3n) is 13.2. The van der Waals surface area contributed by atoms with Crippen molar-refractivity contribution in [3.8, 4) is 0 Å². The molecule has 0 aromatic heterocycles. The molecule has 0 aliphatic rings. The van der Waals surface area contributed by atoms with Crippen molar-refractivity contribution in [1.29, 1.82) is 0 Å². The van der Waals surface area contributed by atoms with Gasteiger partial charge in [-0.1, -0.05) is 250 Å². The normalized spacial score (nSPS) is 14.1. The van der Waals surface area contributed by atoms with Crippen molar-refractivity contribution in [3.63, 3.8) is 0 Å². The van der Waals surface area contributed by atoms with Crippen molar-refractivity contribution in [2.45, 2.75) is 251 Å². The first-order valence-electron chi connectivity index (χ1n) is 31.9. The molecule has 9 nitrogen and oxygen atoms in total. The maximum absolute atomic E-state index is 12.8. The lowest BCUT2D eigenvalue weighted by Gasteiger charge is -2.28. The number of hydrogen-bond acceptors (Lipinski definition) is 8. The average molecular weight is 1130 g/mol. The summed E-state index contributed by atoms with van der Waals surface area (Å²) in [6.07, 6.45) is 86.5. The summed E-state index contributed by atoms with van der Waals surface area (Å²) in [5, 5.41) is 0. The predicted molar refractivity (Wildman–Crippen MR) is 341 cm³/mol. The van der Waals surface area contributed by atoms with Crippen LogP contribution in [0.25, 0.3) is 0 Å². The number of ether oxygens (including phenoxy) is 2. The predicted octanol–water partition coefficient (Wildman–Crippen LogP) is 19.9. The van der Waals surface area contributed by atoms with Crippen LogP contribution in [0.4, 0.5) is 0 Å². The Morgan fingerprint density at radius 1 is 0.400 bits per heavy atom. The molecule has 2 atom stereocenters. The van der Waals surface area contributed by atoms with Gasteiger partial charge >= 0.3 is 11.9 Å². The van der Waals surface area contributed by atoms with Gasteiger partial charge in [0.25, 0.3) is 7.82 Å². The smallest absolute Gasteiger partial charge is 0.306 e. The summed E-state index contributed by atoms with van der Waals surface area (Å²) in [5.41, 5.74) is 0. The third-order valence-corrected chi connectivity index (χ3v) is 14.1. The number of rotatable bonds is 57. The zero-order valence-corrected chi connectivity index (χ0v) is 52.6. The van der Waals surface area contributed by atoms with E-state index in [4.69, 9.17) is 18.5 Å². The minimum absolute atomic E-state index is 0.0438. The Bertz CT molecular complexity index is 1810. The molecule has 80 heavy (non-hydrogen) atoms. The Morgan fingerprint density at radius 3 is 1.06 bits per heavy atom. The highest BCUT2D eigenvalue weighted by Crippen LogP contribution is 2.38. The van der Waals surface area contributed by atoms with E-state index in [0.717, 1.165) is 116 Å². The van der Waals surface area contributed by atoms with Gasteiger partial charge in [0.15, 0.2) is 6.10 Å². The zero-order valence-electron chi connectivity index (χ0n) is 51.7. The first-order valence-corrected chi connectivity index (χ1v) is 33.4. The molecule has 0 aliphatic heterocycles. The number of carbonyl (C=O) groups is 2. The zero-order chi connectivity index (χ0) is 58.4. The number of quaternary nitrogens is 1. The van der Waals surface area contributed by atoms with Gasteiger partial charge in [-0.25, -0.2) is 0 Å². The van der Waals surface area contributed by atoms with E-state index in [2.05, 4.69) is 148 Å². The molecule has 0 radical (unpaired) electrons. The van der Waals surface area contributed by atoms with Crippen molar-refractivity contribution in [1.82, 2.24) is 0 Å². The van der Waals surface area contributed by atoms with Crippen LogP contribution in [0.5, 0.6) is 0 Å². The molecule has 0 aliphatic carbocycles. The van der Waals surface area contributed by atoms with Crippen molar-refractivity contribution in [2.24, 2.45) is 0 Å². The van der Waals surface area contributed by atoms with Crippen LogP contribution in [0.1, 0.15) is 245 Å². The highest BCUT2D eigenvalue weighted by Gasteiger charge is 2.22. The highest BCUT2D eigenvalue weighted by atomic mass is 31.2.